The molecule has 48 heavy (non-hydrogen) atoms. The summed E-state index contributed by atoms with van der Waals surface area (Å²) < 4.78 is 22.0. The lowest BCUT2D eigenvalue weighted by atomic mass is 9.98. The fourth-order valence-corrected chi connectivity index (χ4v) is 5.73. The van der Waals surface area contributed by atoms with Crippen molar-refractivity contribution in [1.82, 2.24) is 10.2 Å². The number of carbonyl (C=O) groups is 5. The molecule has 4 rings (SSSR count). The quantitative estimate of drug-likeness (QED) is 0.192. The number of nitrogens with one attached hydrogen (secondary N) is 1. The summed E-state index contributed by atoms with van der Waals surface area (Å²) in [5.41, 5.74) is 4.78. The number of nitrogens with zero attached hydrogens (tertiary/aromatic N) is 1. The van der Waals surface area contributed by atoms with Crippen molar-refractivity contribution in [2.75, 3.05) is 20.8 Å². The molecule has 2 N–H and O–H groups in total. The molecular weight excluding hydrogens is 620 g/mol. The van der Waals surface area contributed by atoms with Gasteiger partial charge in [-0.1, -0.05) is 78.9 Å². The van der Waals surface area contributed by atoms with Gasteiger partial charge in [-0.2, -0.15) is 0 Å². The molecule has 1 aliphatic rings. The molecule has 0 saturated heterocycles. The van der Waals surface area contributed by atoms with Gasteiger partial charge in [0.15, 0.2) is 12.1 Å². The van der Waals surface area contributed by atoms with E-state index in [4.69, 9.17) is 18.9 Å². The Morgan fingerprint density at radius 2 is 1.38 bits per heavy atom. The number of methoxy groups -OCH3 is 1. The molecule has 0 saturated carbocycles. The highest BCUT2D eigenvalue weighted by Crippen LogP contribution is 2.44. The van der Waals surface area contributed by atoms with E-state index in [1.165, 1.54) is 21.1 Å². The molecule has 0 spiro atoms. The number of amides is 2. The molecule has 3 aromatic rings. The Morgan fingerprint density at radius 1 is 0.812 bits per heavy atom. The molecule has 0 unspecified atom stereocenters. The summed E-state index contributed by atoms with van der Waals surface area (Å²) in [5, 5.41) is 12.1. The molecule has 2 amide bonds. The van der Waals surface area contributed by atoms with E-state index < -0.39 is 60.3 Å². The number of benzene rings is 3. The molecule has 0 bridgehead atoms. The average molecular weight is 661 g/mol. The van der Waals surface area contributed by atoms with E-state index in [1.807, 2.05) is 48.5 Å². The van der Waals surface area contributed by atoms with Crippen LogP contribution in [0.15, 0.2) is 78.9 Å². The normalized spacial score (nSPS) is 15.0. The van der Waals surface area contributed by atoms with Crippen LogP contribution in [0, 0.1) is 0 Å². The highest BCUT2D eigenvalue weighted by Gasteiger charge is 2.40. The van der Waals surface area contributed by atoms with Crippen LogP contribution in [0.4, 0.5) is 4.79 Å². The van der Waals surface area contributed by atoms with E-state index in [1.54, 1.807) is 37.3 Å². The maximum absolute atomic E-state index is 13.6. The number of rotatable bonds is 14. The fraction of sp³-hybridized carbons (Fsp3) is 0.361. The van der Waals surface area contributed by atoms with Gasteiger partial charge in [-0.3, -0.25) is 9.69 Å². The summed E-state index contributed by atoms with van der Waals surface area (Å²) >= 11 is 0. The van der Waals surface area contributed by atoms with Gasteiger partial charge >= 0.3 is 24.0 Å². The van der Waals surface area contributed by atoms with Gasteiger partial charge < -0.3 is 29.4 Å². The van der Waals surface area contributed by atoms with Crippen molar-refractivity contribution >= 4 is 29.9 Å². The first-order chi connectivity index (χ1) is 22.9. The largest absolute Gasteiger partial charge is 0.478 e. The Kier molecular flexibility index (Phi) is 11.9. The van der Waals surface area contributed by atoms with Gasteiger partial charge in [0, 0.05) is 33.4 Å². The van der Waals surface area contributed by atoms with Crippen LogP contribution in [0.5, 0.6) is 0 Å². The first-order valence-corrected chi connectivity index (χ1v) is 15.5. The number of carboxylic acid groups (broad SMARTS) is 1. The van der Waals surface area contributed by atoms with Crippen LogP contribution in [-0.2, 0) is 44.5 Å². The van der Waals surface area contributed by atoms with Gasteiger partial charge in [-0.25, -0.2) is 19.2 Å². The zero-order chi connectivity index (χ0) is 35.0. The molecule has 12 nitrogen and oxygen atoms in total. The number of hydrogen-bond donors (Lipinski definition) is 2. The summed E-state index contributed by atoms with van der Waals surface area (Å²) in [6.45, 7) is 4.06. The van der Waals surface area contributed by atoms with Crippen molar-refractivity contribution in [3.63, 3.8) is 0 Å². The molecule has 0 aromatic heterocycles. The van der Waals surface area contributed by atoms with Crippen molar-refractivity contribution in [3.05, 3.63) is 95.6 Å². The zero-order valence-electron chi connectivity index (χ0n) is 27.5. The second kappa shape index (κ2) is 16.1. The second-order valence-electron chi connectivity index (χ2n) is 11.6. The lowest BCUT2D eigenvalue weighted by molar-refractivity contribution is -0.172. The third-order valence-electron chi connectivity index (χ3n) is 8.28. The Hall–Kier alpha value is -5.23. The predicted octanol–water partition coefficient (Wildman–Crippen LogP) is 3.95. The number of ether oxygens (including phenoxy) is 4. The molecule has 0 aliphatic heterocycles. The SMILES string of the molecule is CO[C@H](C)[C@@H](C(=O)O[C@H](C)[C@H](NC(C)=O)C(=O)O[C@H](Cc1ccccc1)C(=O)O)N(C)C(=O)OCC1c2ccccc2-c2ccccc21. The number of aliphatic carboxylic acids is 1. The van der Waals surface area contributed by atoms with Crippen molar-refractivity contribution in [2.45, 2.75) is 63.5 Å². The van der Waals surface area contributed by atoms with Crippen LogP contribution in [0.2, 0.25) is 0 Å². The predicted molar refractivity (Wildman–Crippen MR) is 174 cm³/mol. The lowest BCUT2D eigenvalue weighted by Crippen LogP contribution is -2.54. The molecule has 5 atom stereocenters. The van der Waals surface area contributed by atoms with Crippen LogP contribution >= 0.6 is 0 Å². The van der Waals surface area contributed by atoms with Crippen molar-refractivity contribution in [2.24, 2.45) is 0 Å². The van der Waals surface area contributed by atoms with Crippen LogP contribution < -0.4 is 5.32 Å². The van der Waals surface area contributed by atoms with Crippen LogP contribution in [0.25, 0.3) is 11.1 Å². The van der Waals surface area contributed by atoms with Crippen LogP contribution in [0.1, 0.15) is 43.4 Å². The molecule has 1 aliphatic carbocycles. The summed E-state index contributed by atoms with van der Waals surface area (Å²) in [4.78, 5) is 65.1. The zero-order valence-corrected chi connectivity index (χ0v) is 27.5. The first kappa shape index (κ1) is 35.6. The number of carboxylic acids is 1. The summed E-state index contributed by atoms with van der Waals surface area (Å²) in [6, 6.07) is 21.5. The van der Waals surface area contributed by atoms with Gasteiger partial charge in [-0.15, -0.1) is 0 Å². The van der Waals surface area contributed by atoms with Crippen LogP contribution in [0.3, 0.4) is 0 Å². The van der Waals surface area contributed by atoms with E-state index in [2.05, 4.69) is 5.32 Å². The van der Waals surface area contributed by atoms with Crippen molar-refractivity contribution in [3.8, 4) is 11.1 Å². The standard InChI is InChI=1S/C36H40N2O10/c1-21(31(37-23(3)39)34(42)48-30(33(40)41)19-24-13-7-6-8-14-24)47-35(43)32(22(2)45-5)38(4)36(44)46-20-29-27-17-11-9-15-25(27)26-16-10-12-18-28(26)29/h6-18,21-22,29-32H,19-20H2,1-5H3,(H,37,39)(H,40,41)/t21-,22-,30-,31+,32+/m1/s1. The highest BCUT2D eigenvalue weighted by molar-refractivity contribution is 5.87. The lowest BCUT2D eigenvalue weighted by Gasteiger charge is -2.32. The van der Waals surface area contributed by atoms with E-state index in [-0.39, 0.29) is 18.9 Å². The average Bonchev–Trinajstić information content (AvgIpc) is 3.39. The Labute approximate surface area is 278 Å². The highest BCUT2D eigenvalue weighted by atomic mass is 16.6. The molecule has 12 heteroatoms. The molecule has 0 radical (unpaired) electrons. The Morgan fingerprint density at radius 3 is 1.92 bits per heavy atom. The minimum atomic E-state index is -1.57. The van der Waals surface area contributed by atoms with Gasteiger partial charge in [0.05, 0.1) is 6.10 Å². The van der Waals surface area contributed by atoms with Crippen molar-refractivity contribution < 1.29 is 48.0 Å². The smallest absolute Gasteiger partial charge is 0.410 e. The first-order valence-electron chi connectivity index (χ1n) is 15.5. The molecule has 0 fully saturated rings. The summed E-state index contributed by atoms with van der Waals surface area (Å²) in [6.07, 6.45) is -4.70. The van der Waals surface area contributed by atoms with E-state index in [9.17, 15) is 29.1 Å². The third kappa shape index (κ3) is 8.37. The monoisotopic (exact) mass is 660 g/mol. The van der Waals surface area contributed by atoms with Gasteiger partial charge in [-0.05, 0) is 41.7 Å². The number of esters is 2. The topological polar surface area (TPSA) is 158 Å². The molecule has 3 aromatic carbocycles. The summed E-state index contributed by atoms with van der Waals surface area (Å²) in [5.74, 6) is -4.31. The number of carbonyl (C=O) groups excluding carboxylic acids is 4. The maximum atomic E-state index is 13.6. The second-order valence-corrected chi connectivity index (χ2v) is 11.6. The number of hydrogen-bond acceptors (Lipinski definition) is 9. The third-order valence-corrected chi connectivity index (χ3v) is 8.28. The van der Waals surface area contributed by atoms with Crippen LogP contribution in [-0.4, -0.2) is 91.1 Å². The van der Waals surface area contributed by atoms with Gasteiger partial charge in [0.1, 0.15) is 12.7 Å². The molecule has 254 valence electrons. The van der Waals surface area contributed by atoms with Gasteiger partial charge in [0.2, 0.25) is 12.0 Å². The minimum absolute atomic E-state index is 0.0148. The number of likely N-dealkylation sites (N-methyl/N-ethyl adjacent to an activating group) is 1. The van der Waals surface area contributed by atoms with Crippen molar-refractivity contribution in [1.29, 1.82) is 0 Å². The summed E-state index contributed by atoms with van der Waals surface area (Å²) in [7, 11) is 2.72. The van der Waals surface area contributed by atoms with E-state index in [0.717, 1.165) is 34.1 Å². The Balaban J connectivity index is 1.45. The minimum Gasteiger partial charge on any atom is -0.478 e. The van der Waals surface area contributed by atoms with E-state index in [0.29, 0.717) is 5.56 Å². The molecule has 0 heterocycles. The Bertz CT molecular complexity index is 1580. The fourth-order valence-electron chi connectivity index (χ4n) is 5.73. The van der Waals surface area contributed by atoms with Gasteiger partial charge in [0.25, 0.3) is 0 Å². The molecular formula is C36H40N2O10. The van der Waals surface area contributed by atoms with E-state index >= 15 is 0 Å². The number of fused-ring (bicyclic) bond motifs is 3. The maximum Gasteiger partial charge on any atom is 0.410 e.